The maximum Gasteiger partial charge on any atom is 0.312 e. The zero-order valence-corrected chi connectivity index (χ0v) is 22.9. The van der Waals surface area contributed by atoms with Gasteiger partial charge in [-0.25, -0.2) is 4.98 Å². The fourth-order valence-electron chi connectivity index (χ4n) is 3.54. The fourth-order valence-corrected chi connectivity index (χ4v) is 4.67. The highest BCUT2D eigenvalue weighted by atomic mass is 79.9. The van der Waals surface area contributed by atoms with Crippen molar-refractivity contribution >= 4 is 66.3 Å². The van der Waals surface area contributed by atoms with Crippen LogP contribution in [0.25, 0.3) is 10.9 Å². The van der Waals surface area contributed by atoms with Crippen molar-refractivity contribution in [2.75, 3.05) is 0 Å². The van der Waals surface area contributed by atoms with Crippen LogP contribution in [0.5, 0.6) is 5.75 Å². The average Bonchev–Trinajstić information content (AvgIpc) is 2.84. The maximum absolute atomic E-state index is 13.2. The third-order valence-electron chi connectivity index (χ3n) is 5.24. The molecule has 0 bridgehead atoms. The number of halogens is 3. The first-order valence-corrected chi connectivity index (χ1v) is 12.8. The van der Waals surface area contributed by atoms with Gasteiger partial charge in [-0.2, -0.15) is 9.78 Å². The van der Waals surface area contributed by atoms with E-state index in [4.69, 9.17) is 16.3 Å². The summed E-state index contributed by atoms with van der Waals surface area (Å²) in [5.74, 6) is 0.569. The summed E-state index contributed by atoms with van der Waals surface area (Å²) in [5.41, 5.74) is 1.11. The van der Waals surface area contributed by atoms with Gasteiger partial charge in [-0.05, 0) is 52.7 Å². The molecule has 11 heteroatoms. The van der Waals surface area contributed by atoms with Crippen LogP contribution in [0.1, 0.15) is 30.3 Å². The van der Waals surface area contributed by atoms with E-state index in [1.807, 2.05) is 19.1 Å². The highest BCUT2D eigenvalue weighted by Gasteiger charge is 2.21. The molecule has 36 heavy (non-hydrogen) atoms. The molecule has 1 aromatic heterocycles. The first-order chi connectivity index (χ1) is 17.3. The van der Waals surface area contributed by atoms with Gasteiger partial charge in [0.25, 0.3) is 5.56 Å². The van der Waals surface area contributed by atoms with E-state index < -0.39 is 4.92 Å². The number of hydrogen-bond donors (Lipinski definition) is 0. The number of hydrogen-bond acceptors (Lipinski definition) is 6. The van der Waals surface area contributed by atoms with Gasteiger partial charge in [0.2, 0.25) is 5.75 Å². The largest absolute Gasteiger partial charge is 0.481 e. The Labute approximate surface area is 228 Å². The van der Waals surface area contributed by atoms with Gasteiger partial charge in [-0.3, -0.25) is 14.9 Å². The van der Waals surface area contributed by atoms with Crippen molar-refractivity contribution in [2.45, 2.75) is 26.4 Å². The number of rotatable bonds is 8. The Morgan fingerprint density at radius 3 is 2.69 bits per heavy atom. The molecule has 1 heterocycles. The molecule has 0 amide bonds. The fraction of sp³-hybridized carbons (Fsp3) is 0.160. The molecule has 0 unspecified atom stereocenters. The molecule has 0 atom stereocenters. The average molecular weight is 635 g/mol. The van der Waals surface area contributed by atoms with E-state index in [0.717, 1.165) is 10.9 Å². The minimum atomic E-state index is -0.534. The Hall–Kier alpha value is -3.08. The number of aromatic nitrogens is 2. The van der Waals surface area contributed by atoms with Gasteiger partial charge in [0, 0.05) is 33.1 Å². The Morgan fingerprint density at radius 1 is 1.19 bits per heavy atom. The lowest BCUT2D eigenvalue weighted by Gasteiger charge is -2.11. The summed E-state index contributed by atoms with van der Waals surface area (Å²) in [4.78, 5) is 29.1. The third kappa shape index (κ3) is 5.66. The van der Waals surface area contributed by atoms with Crippen molar-refractivity contribution in [1.82, 2.24) is 9.66 Å². The molecule has 0 spiro atoms. The van der Waals surface area contributed by atoms with Gasteiger partial charge in [0.1, 0.15) is 12.4 Å². The summed E-state index contributed by atoms with van der Waals surface area (Å²) >= 11 is 12.9. The Morgan fingerprint density at radius 2 is 1.97 bits per heavy atom. The predicted molar refractivity (Wildman–Crippen MR) is 147 cm³/mol. The molecule has 0 saturated heterocycles. The van der Waals surface area contributed by atoms with Gasteiger partial charge in [0.15, 0.2) is 0 Å². The molecule has 184 valence electrons. The van der Waals surface area contributed by atoms with Crippen molar-refractivity contribution in [3.05, 3.63) is 106 Å². The van der Waals surface area contributed by atoms with E-state index in [-0.39, 0.29) is 23.6 Å². The van der Waals surface area contributed by atoms with Crippen LogP contribution in [0.3, 0.4) is 0 Å². The van der Waals surface area contributed by atoms with Crippen molar-refractivity contribution in [3.8, 4) is 5.75 Å². The van der Waals surface area contributed by atoms with Crippen LogP contribution in [0.15, 0.2) is 73.4 Å². The summed E-state index contributed by atoms with van der Waals surface area (Å²) in [6.45, 7) is 2.04. The summed E-state index contributed by atoms with van der Waals surface area (Å²) < 4.78 is 8.11. The zero-order valence-electron chi connectivity index (χ0n) is 19.0. The molecule has 0 aliphatic heterocycles. The normalized spacial score (nSPS) is 11.3. The molecule has 0 saturated carbocycles. The van der Waals surface area contributed by atoms with Crippen LogP contribution >= 0.6 is 43.5 Å². The van der Waals surface area contributed by atoms with Gasteiger partial charge in [-0.1, -0.05) is 52.7 Å². The molecule has 4 rings (SSSR count). The van der Waals surface area contributed by atoms with Gasteiger partial charge in [0.05, 0.1) is 26.5 Å². The summed E-state index contributed by atoms with van der Waals surface area (Å²) in [7, 11) is 0. The van der Waals surface area contributed by atoms with Crippen LogP contribution in [-0.2, 0) is 13.0 Å². The number of nitrogens with zero attached hydrogens (tertiary/aromatic N) is 4. The minimum absolute atomic E-state index is 0.0562. The second kappa shape index (κ2) is 11.3. The van der Waals surface area contributed by atoms with E-state index in [1.54, 1.807) is 36.4 Å². The zero-order chi connectivity index (χ0) is 25.8. The third-order valence-corrected chi connectivity index (χ3v) is 6.70. The molecule has 4 aromatic rings. The lowest BCUT2D eigenvalue weighted by Crippen LogP contribution is -2.22. The van der Waals surface area contributed by atoms with Crippen molar-refractivity contribution in [2.24, 2.45) is 5.10 Å². The monoisotopic (exact) mass is 632 g/mol. The lowest BCUT2D eigenvalue weighted by molar-refractivity contribution is -0.386. The predicted octanol–water partition coefficient (Wildman–Crippen LogP) is 6.90. The van der Waals surface area contributed by atoms with E-state index in [0.29, 0.717) is 43.8 Å². The van der Waals surface area contributed by atoms with E-state index in [2.05, 4.69) is 41.9 Å². The lowest BCUT2D eigenvalue weighted by atomic mass is 10.2. The first kappa shape index (κ1) is 26.0. The standard InChI is InChI=1S/C25H19Br2ClN4O4/c1-2-5-23-30-21-9-8-17(26)12-18(21)25(33)31(23)29-13-15-10-19(27)24(22(11-15)32(34)35)36-14-16-6-3-4-7-20(16)28/h3-4,6-13H,2,5,14H2,1H3. The molecule has 0 fully saturated rings. The first-order valence-electron chi connectivity index (χ1n) is 10.9. The molecule has 0 radical (unpaired) electrons. The van der Waals surface area contributed by atoms with Crippen molar-refractivity contribution in [1.29, 1.82) is 0 Å². The van der Waals surface area contributed by atoms with Crippen molar-refractivity contribution < 1.29 is 9.66 Å². The van der Waals surface area contributed by atoms with Crippen LogP contribution in [0.2, 0.25) is 5.02 Å². The van der Waals surface area contributed by atoms with Gasteiger partial charge in [-0.15, -0.1) is 0 Å². The topological polar surface area (TPSA) is 99.6 Å². The molecule has 3 aromatic carbocycles. The van der Waals surface area contributed by atoms with Gasteiger partial charge >= 0.3 is 5.69 Å². The number of nitro benzene ring substituents is 1. The Bertz CT molecular complexity index is 1560. The molecular formula is C25H19Br2ClN4O4. The summed E-state index contributed by atoms with van der Waals surface area (Å²) in [6, 6.07) is 15.4. The summed E-state index contributed by atoms with van der Waals surface area (Å²) in [6.07, 6.45) is 2.69. The van der Waals surface area contributed by atoms with E-state index in [1.165, 1.54) is 17.0 Å². The van der Waals surface area contributed by atoms with Crippen LogP contribution in [0, 0.1) is 10.1 Å². The highest BCUT2D eigenvalue weighted by Crippen LogP contribution is 2.37. The van der Waals surface area contributed by atoms with Crippen LogP contribution in [0.4, 0.5) is 5.69 Å². The highest BCUT2D eigenvalue weighted by molar-refractivity contribution is 9.10. The van der Waals surface area contributed by atoms with Crippen molar-refractivity contribution in [3.63, 3.8) is 0 Å². The van der Waals surface area contributed by atoms with Crippen LogP contribution in [-0.4, -0.2) is 20.8 Å². The van der Waals surface area contributed by atoms with Gasteiger partial charge < -0.3 is 4.74 Å². The SMILES string of the molecule is CCCc1nc2ccc(Br)cc2c(=O)n1N=Cc1cc(Br)c(OCc2ccccc2Cl)c([N+](=O)[O-])c1. The smallest absolute Gasteiger partial charge is 0.312 e. The number of aryl methyl sites for hydroxylation is 1. The molecular weight excluding hydrogens is 616 g/mol. The van der Waals surface area contributed by atoms with Crippen LogP contribution < -0.4 is 10.3 Å². The Kier molecular flexibility index (Phi) is 8.17. The summed E-state index contributed by atoms with van der Waals surface area (Å²) in [5, 5.41) is 17.1. The quantitative estimate of drug-likeness (QED) is 0.119. The number of fused-ring (bicyclic) bond motifs is 1. The molecule has 0 N–H and O–H groups in total. The second-order valence-electron chi connectivity index (χ2n) is 7.79. The number of ether oxygens (including phenoxy) is 1. The minimum Gasteiger partial charge on any atom is -0.481 e. The van der Waals surface area contributed by atoms with E-state index in [9.17, 15) is 14.9 Å². The maximum atomic E-state index is 13.2. The molecule has 8 nitrogen and oxygen atoms in total. The molecule has 0 aliphatic carbocycles. The number of benzene rings is 3. The van der Waals surface area contributed by atoms with E-state index >= 15 is 0 Å². The second-order valence-corrected chi connectivity index (χ2v) is 9.97. The Balaban J connectivity index is 1.72. The molecule has 0 aliphatic rings. The number of nitro groups is 1.